The van der Waals surface area contributed by atoms with Gasteiger partial charge in [-0.25, -0.2) is 4.79 Å². The van der Waals surface area contributed by atoms with E-state index in [2.05, 4.69) is 5.10 Å². The molecule has 0 saturated carbocycles. The zero-order chi connectivity index (χ0) is 21.3. The van der Waals surface area contributed by atoms with Gasteiger partial charge in [-0.05, 0) is 12.5 Å². The van der Waals surface area contributed by atoms with E-state index >= 15 is 0 Å². The Morgan fingerprint density at radius 1 is 1.23 bits per heavy atom. The fraction of sp³-hybridized carbons (Fsp3) is 0.455. The van der Waals surface area contributed by atoms with Crippen LogP contribution >= 0.6 is 0 Å². The van der Waals surface area contributed by atoms with Crippen molar-refractivity contribution in [2.45, 2.75) is 32.9 Å². The Morgan fingerprint density at radius 2 is 2.00 bits per heavy atom. The van der Waals surface area contributed by atoms with Crippen LogP contribution in [0.2, 0.25) is 0 Å². The first-order valence-electron chi connectivity index (χ1n) is 10.3. The van der Waals surface area contributed by atoms with E-state index in [1.165, 1.54) is 0 Å². The van der Waals surface area contributed by atoms with Crippen molar-refractivity contribution >= 4 is 17.8 Å². The van der Waals surface area contributed by atoms with E-state index < -0.39 is 5.97 Å². The van der Waals surface area contributed by atoms with Gasteiger partial charge in [0.15, 0.2) is 5.69 Å². The van der Waals surface area contributed by atoms with Gasteiger partial charge in [-0.15, -0.1) is 0 Å². The van der Waals surface area contributed by atoms with E-state index in [4.69, 9.17) is 4.74 Å². The van der Waals surface area contributed by atoms with Gasteiger partial charge in [0.1, 0.15) is 0 Å². The SMILES string of the molecule is CCOC(=O)c1nn(C)c2c1CN(C(=O)C1CC(=O)N(Cc3ccccc3)C1)CC2. The Hall–Kier alpha value is -3.16. The van der Waals surface area contributed by atoms with E-state index in [0.29, 0.717) is 32.6 Å². The number of rotatable bonds is 5. The third-order valence-electron chi connectivity index (χ3n) is 5.80. The highest BCUT2D eigenvalue weighted by molar-refractivity contribution is 5.91. The number of nitrogens with zero attached hydrogens (tertiary/aromatic N) is 4. The molecule has 2 amide bonds. The van der Waals surface area contributed by atoms with Crippen LogP contribution in [0, 0.1) is 5.92 Å². The molecule has 30 heavy (non-hydrogen) atoms. The number of likely N-dealkylation sites (tertiary alicyclic amines) is 1. The first-order chi connectivity index (χ1) is 14.5. The van der Waals surface area contributed by atoms with Gasteiger partial charge < -0.3 is 14.5 Å². The van der Waals surface area contributed by atoms with Crippen molar-refractivity contribution in [3.05, 3.63) is 52.8 Å². The Bertz CT molecular complexity index is 969. The van der Waals surface area contributed by atoms with Gasteiger partial charge in [0.05, 0.1) is 12.5 Å². The molecule has 0 spiro atoms. The number of hydrogen-bond acceptors (Lipinski definition) is 5. The Kier molecular flexibility index (Phi) is 5.57. The second kappa shape index (κ2) is 8.30. The number of benzene rings is 1. The third-order valence-corrected chi connectivity index (χ3v) is 5.80. The van der Waals surface area contributed by atoms with Crippen molar-refractivity contribution < 1.29 is 19.1 Å². The summed E-state index contributed by atoms with van der Waals surface area (Å²) in [7, 11) is 1.80. The summed E-state index contributed by atoms with van der Waals surface area (Å²) < 4.78 is 6.82. The van der Waals surface area contributed by atoms with E-state index in [1.54, 1.807) is 28.5 Å². The van der Waals surface area contributed by atoms with Crippen molar-refractivity contribution in [1.82, 2.24) is 19.6 Å². The molecule has 1 unspecified atom stereocenters. The maximum Gasteiger partial charge on any atom is 0.359 e. The predicted molar refractivity (Wildman–Crippen MR) is 108 cm³/mol. The lowest BCUT2D eigenvalue weighted by molar-refractivity contribution is -0.136. The summed E-state index contributed by atoms with van der Waals surface area (Å²) in [4.78, 5) is 41.4. The van der Waals surface area contributed by atoms with Crippen molar-refractivity contribution in [2.24, 2.45) is 13.0 Å². The monoisotopic (exact) mass is 410 g/mol. The molecule has 1 fully saturated rings. The highest BCUT2D eigenvalue weighted by Gasteiger charge is 2.38. The predicted octanol–water partition coefficient (Wildman–Crippen LogP) is 1.53. The summed E-state index contributed by atoms with van der Waals surface area (Å²) in [5.41, 5.74) is 3.03. The average molecular weight is 410 g/mol. The second-order valence-electron chi connectivity index (χ2n) is 7.79. The molecule has 2 aliphatic rings. The zero-order valence-corrected chi connectivity index (χ0v) is 17.3. The van der Waals surface area contributed by atoms with Crippen LogP contribution in [-0.4, -0.2) is 57.1 Å². The van der Waals surface area contributed by atoms with Crippen LogP contribution in [0.15, 0.2) is 30.3 Å². The van der Waals surface area contributed by atoms with Crippen LogP contribution in [0.4, 0.5) is 0 Å². The van der Waals surface area contributed by atoms with Crippen LogP contribution < -0.4 is 0 Å². The van der Waals surface area contributed by atoms with Gasteiger partial charge in [-0.3, -0.25) is 14.3 Å². The molecule has 0 aliphatic carbocycles. The summed E-state index contributed by atoms with van der Waals surface area (Å²) in [6.07, 6.45) is 0.852. The molecule has 1 atom stereocenters. The van der Waals surface area contributed by atoms with Gasteiger partial charge in [-0.2, -0.15) is 5.10 Å². The lowest BCUT2D eigenvalue weighted by Gasteiger charge is -2.29. The van der Waals surface area contributed by atoms with E-state index in [9.17, 15) is 14.4 Å². The van der Waals surface area contributed by atoms with E-state index in [0.717, 1.165) is 16.8 Å². The van der Waals surface area contributed by atoms with Crippen LogP contribution in [0.25, 0.3) is 0 Å². The number of aromatic nitrogens is 2. The van der Waals surface area contributed by atoms with Crippen molar-refractivity contribution in [3.63, 3.8) is 0 Å². The Labute approximate surface area is 175 Å². The van der Waals surface area contributed by atoms with Gasteiger partial charge in [0, 0.05) is 57.3 Å². The average Bonchev–Trinajstić information content (AvgIpc) is 3.28. The number of esters is 1. The second-order valence-corrected chi connectivity index (χ2v) is 7.79. The maximum absolute atomic E-state index is 13.2. The number of carbonyl (C=O) groups excluding carboxylic acids is 3. The normalized spacial score (nSPS) is 18.5. The largest absolute Gasteiger partial charge is 0.461 e. The minimum Gasteiger partial charge on any atom is -0.461 e. The summed E-state index contributed by atoms with van der Waals surface area (Å²) in [5.74, 6) is -0.856. The number of amides is 2. The number of fused-ring (bicyclic) bond motifs is 1. The van der Waals surface area contributed by atoms with E-state index in [-0.39, 0.29) is 36.5 Å². The highest BCUT2D eigenvalue weighted by atomic mass is 16.5. The van der Waals surface area contributed by atoms with Crippen molar-refractivity contribution in [2.75, 3.05) is 19.7 Å². The smallest absolute Gasteiger partial charge is 0.359 e. The fourth-order valence-electron chi connectivity index (χ4n) is 4.30. The Balaban J connectivity index is 1.45. The van der Waals surface area contributed by atoms with Crippen LogP contribution in [0.3, 0.4) is 0 Å². The van der Waals surface area contributed by atoms with Gasteiger partial charge in [0.25, 0.3) is 0 Å². The molecule has 0 bridgehead atoms. The number of aryl methyl sites for hydroxylation is 1. The molecule has 3 heterocycles. The molecule has 2 aliphatic heterocycles. The number of hydrogen-bond donors (Lipinski definition) is 0. The molecule has 158 valence electrons. The summed E-state index contributed by atoms with van der Waals surface area (Å²) in [6, 6.07) is 9.79. The molecular weight excluding hydrogens is 384 g/mol. The minimum absolute atomic E-state index is 0.00323. The summed E-state index contributed by atoms with van der Waals surface area (Å²) >= 11 is 0. The van der Waals surface area contributed by atoms with Gasteiger partial charge in [0.2, 0.25) is 11.8 Å². The zero-order valence-electron chi connectivity index (χ0n) is 17.3. The molecule has 2 aromatic rings. The molecule has 0 radical (unpaired) electrons. The minimum atomic E-state index is -0.464. The first kappa shape index (κ1) is 20.1. The maximum atomic E-state index is 13.2. The van der Waals surface area contributed by atoms with Crippen molar-refractivity contribution in [1.29, 1.82) is 0 Å². The number of ether oxygens (including phenoxy) is 1. The number of carbonyl (C=O) groups is 3. The fourth-order valence-corrected chi connectivity index (χ4v) is 4.30. The van der Waals surface area contributed by atoms with E-state index in [1.807, 2.05) is 30.3 Å². The van der Waals surface area contributed by atoms with Crippen LogP contribution in [0.1, 0.15) is 40.7 Å². The Morgan fingerprint density at radius 3 is 2.73 bits per heavy atom. The molecule has 8 heteroatoms. The van der Waals surface area contributed by atoms with Gasteiger partial charge in [-0.1, -0.05) is 30.3 Å². The molecule has 0 N–H and O–H groups in total. The standard InChI is InChI=1S/C22H26N4O4/c1-3-30-22(29)20-17-14-25(10-9-18(17)24(2)23-20)21(28)16-11-19(27)26(13-16)12-15-7-5-4-6-8-15/h4-8,16H,3,9-14H2,1-2H3. The quantitative estimate of drug-likeness (QED) is 0.698. The molecular formula is C22H26N4O4. The third kappa shape index (κ3) is 3.81. The lowest BCUT2D eigenvalue weighted by Crippen LogP contribution is -2.41. The first-order valence-corrected chi connectivity index (χ1v) is 10.3. The summed E-state index contributed by atoms with van der Waals surface area (Å²) in [5, 5.41) is 4.31. The molecule has 1 aromatic heterocycles. The summed E-state index contributed by atoms with van der Waals surface area (Å²) in [6.45, 7) is 3.84. The topological polar surface area (TPSA) is 84.7 Å². The van der Waals surface area contributed by atoms with Crippen LogP contribution in [-0.2, 0) is 40.9 Å². The van der Waals surface area contributed by atoms with Gasteiger partial charge >= 0.3 is 5.97 Å². The molecule has 1 aromatic carbocycles. The highest BCUT2D eigenvalue weighted by Crippen LogP contribution is 2.27. The molecule has 8 nitrogen and oxygen atoms in total. The lowest BCUT2D eigenvalue weighted by atomic mass is 10.0. The molecule has 1 saturated heterocycles. The van der Waals surface area contributed by atoms with Crippen LogP contribution in [0.5, 0.6) is 0 Å². The molecule has 4 rings (SSSR count). The van der Waals surface area contributed by atoms with Crippen molar-refractivity contribution in [3.8, 4) is 0 Å².